The zero-order valence-corrected chi connectivity index (χ0v) is 16.0. The van der Waals surface area contributed by atoms with Gasteiger partial charge in [0.1, 0.15) is 12.6 Å². The fraction of sp³-hybridized carbons (Fsp3) is 0.429. The van der Waals surface area contributed by atoms with Crippen molar-refractivity contribution in [3.05, 3.63) is 63.6 Å². The van der Waals surface area contributed by atoms with Crippen LogP contribution in [0.1, 0.15) is 36.1 Å². The van der Waals surface area contributed by atoms with Crippen LogP contribution in [0.4, 0.5) is 0 Å². The van der Waals surface area contributed by atoms with Crippen molar-refractivity contribution >= 4 is 11.9 Å². The molecular formula is C21H25N3O4. The summed E-state index contributed by atoms with van der Waals surface area (Å²) in [6.07, 6.45) is 5.18. The van der Waals surface area contributed by atoms with Crippen LogP contribution in [-0.4, -0.2) is 34.8 Å². The van der Waals surface area contributed by atoms with Gasteiger partial charge in [0.05, 0.1) is 12.8 Å². The van der Waals surface area contributed by atoms with E-state index < -0.39 is 17.9 Å². The fourth-order valence-corrected chi connectivity index (χ4v) is 3.45. The molecule has 0 radical (unpaired) electrons. The molecule has 1 aromatic heterocycles. The molecule has 1 aliphatic rings. The molecule has 28 heavy (non-hydrogen) atoms. The van der Waals surface area contributed by atoms with Gasteiger partial charge in [0.25, 0.3) is 5.56 Å². The van der Waals surface area contributed by atoms with Crippen molar-refractivity contribution in [2.24, 2.45) is 0 Å². The van der Waals surface area contributed by atoms with Gasteiger partial charge < -0.3 is 10.1 Å². The minimum Gasteiger partial charge on any atom is -0.467 e. The summed E-state index contributed by atoms with van der Waals surface area (Å²) in [5, 5.41) is 7.07. The van der Waals surface area contributed by atoms with E-state index in [0.717, 1.165) is 48.9 Å². The number of esters is 1. The average molecular weight is 383 g/mol. The van der Waals surface area contributed by atoms with E-state index in [4.69, 9.17) is 4.74 Å². The highest BCUT2D eigenvalue weighted by Gasteiger charge is 2.23. The number of benzene rings is 1. The number of hydrogen-bond acceptors (Lipinski definition) is 5. The standard InChI is InChI=1S/C21H25N3O4/c1-28-21(27)18(12-15-8-4-2-5-9-15)22-19(25)14-24-20(26)13-16-10-6-3-7-11-17(16)23-24/h2,4-5,8-9,13,18H,3,6-7,10-12,14H2,1H3,(H,22,25)/t18-/m0/s1. The topological polar surface area (TPSA) is 90.3 Å². The number of aryl methyl sites for hydroxylation is 2. The van der Waals surface area contributed by atoms with Gasteiger partial charge in [0.2, 0.25) is 5.91 Å². The van der Waals surface area contributed by atoms with Crippen molar-refractivity contribution < 1.29 is 14.3 Å². The number of aromatic nitrogens is 2. The summed E-state index contributed by atoms with van der Waals surface area (Å²) in [6, 6.07) is 10.1. The lowest BCUT2D eigenvalue weighted by atomic mass is 10.1. The molecule has 0 saturated carbocycles. The van der Waals surface area contributed by atoms with E-state index in [9.17, 15) is 14.4 Å². The number of nitrogens with zero attached hydrogens (tertiary/aromatic N) is 2. The van der Waals surface area contributed by atoms with Gasteiger partial charge in [-0.15, -0.1) is 0 Å². The first kappa shape index (κ1) is 19.8. The molecule has 0 unspecified atom stereocenters. The van der Waals surface area contributed by atoms with E-state index in [1.54, 1.807) is 6.07 Å². The molecule has 1 aliphatic carbocycles. The van der Waals surface area contributed by atoms with E-state index in [-0.39, 0.29) is 12.1 Å². The first-order valence-corrected chi connectivity index (χ1v) is 9.58. The SMILES string of the molecule is COC(=O)[C@H](Cc1ccccc1)NC(=O)Cn1nc2c(cc1=O)CCCCC2. The third-order valence-corrected chi connectivity index (χ3v) is 4.92. The van der Waals surface area contributed by atoms with Crippen LogP contribution in [0.5, 0.6) is 0 Å². The summed E-state index contributed by atoms with van der Waals surface area (Å²) in [6.45, 7) is -0.228. The van der Waals surface area contributed by atoms with Gasteiger partial charge in [-0.1, -0.05) is 36.8 Å². The summed E-state index contributed by atoms with van der Waals surface area (Å²) in [4.78, 5) is 36.9. The summed E-state index contributed by atoms with van der Waals surface area (Å²) in [5.41, 5.74) is 2.47. The maximum atomic E-state index is 12.5. The molecule has 1 atom stereocenters. The Labute approximate surface area is 163 Å². The molecule has 0 fully saturated rings. The molecule has 148 valence electrons. The number of methoxy groups -OCH3 is 1. The summed E-state index contributed by atoms with van der Waals surface area (Å²) in [5.74, 6) is -0.978. The summed E-state index contributed by atoms with van der Waals surface area (Å²) >= 11 is 0. The second-order valence-corrected chi connectivity index (χ2v) is 7.01. The van der Waals surface area contributed by atoms with E-state index in [1.165, 1.54) is 11.8 Å². The molecule has 0 spiro atoms. The fourth-order valence-electron chi connectivity index (χ4n) is 3.45. The third kappa shape index (κ3) is 5.06. The first-order valence-electron chi connectivity index (χ1n) is 9.58. The lowest BCUT2D eigenvalue weighted by Gasteiger charge is -2.17. The number of carbonyl (C=O) groups is 2. The molecule has 3 rings (SSSR count). The Bertz CT molecular complexity index is 892. The molecule has 1 aromatic carbocycles. The van der Waals surface area contributed by atoms with Crippen molar-refractivity contribution in [1.29, 1.82) is 0 Å². The van der Waals surface area contributed by atoms with Crippen LogP contribution in [0, 0.1) is 0 Å². The van der Waals surface area contributed by atoms with Gasteiger partial charge in [0, 0.05) is 12.5 Å². The number of nitrogens with one attached hydrogen (secondary N) is 1. The normalized spacial score (nSPS) is 14.5. The van der Waals surface area contributed by atoms with Crippen molar-refractivity contribution in [2.75, 3.05) is 7.11 Å². The van der Waals surface area contributed by atoms with Gasteiger partial charge in [-0.25, -0.2) is 9.48 Å². The number of ether oxygens (including phenoxy) is 1. The second kappa shape index (κ2) is 9.30. The van der Waals surface area contributed by atoms with Gasteiger partial charge in [-0.2, -0.15) is 5.10 Å². The van der Waals surface area contributed by atoms with Crippen LogP contribution >= 0.6 is 0 Å². The van der Waals surface area contributed by atoms with Crippen molar-refractivity contribution in [3.63, 3.8) is 0 Å². The van der Waals surface area contributed by atoms with Gasteiger partial charge in [-0.05, 0) is 36.8 Å². The van der Waals surface area contributed by atoms with Crippen LogP contribution in [-0.2, 0) is 40.1 Å². The van der Waals surface area contributed by atoms with Gasteiger partial charge in [-0.3, -0.25) is 9.59 Å². The number of hydrogen-bond donors (Lipinski definition) is 1. The Kier molecular flexibility index (Phi) is 6.57. The summed E-state index contributed by atoms with van der Waals surface area (Å²) < 4.78 is 5.99. The number of carbonyl (C=O) groups excluding carboxylic acids is 2. The predicted molar refractivity (Wildman–Crippen MR) is 104 cm³/mol. The largest absolute Gasteiger partial charge is 0.467 e. The van der Waals surface area contributed by atoms with Crippen molar-refractivity contribution in [3.8, 4) is 0 Å². The van der Waals surface area contributed by atoms with Crippen LogP contribution in [0.2, 0.25) is 0 Å². The third-order valence-electron chi connectivity index (χ3n) is 4.92. The second-order valence-electron chi connectivity index (χ2n) is 7.01. The maximum Gasteiger partial charge on any atom is 0.328 e. The quantitative estimate of drug-likeness (QED) is 0.602. The van der Waals surface area contributed by atoms with Crippen molar-refractivity contribution in [1.82, 2.24) is 15.1 Å². The average Bonchev–Trinajstić information content (AvgIpc) is 2.92. The predicted octanol–water partition coefficient (Wildman–Crippen LogP) is 1.41. The summed E-state index contributed by atoms with van der Waals surface area (Å²) in [7, 11) is 1.28. The van der Waals surface area contributed by atoms with E-state index in [0.29, 0.717) is 6.42 Å². The first-order chi connectivity index (χ1) is 13.6. The Morgan fingerprint density at radius 3 is 2.68 bits per heavy atom. The van der Waals surface area contributed by atoms with Crippen LogP contribution < -0.4 is 10.9 Å². The van der Waals surface area contributed by atoms with Gasteiger partial charge >= 0.3 is 5.97 Å². The molecule has 7 nitrogen and oxygen atoms in total. The monoisotopic (exact) mass is 383 g/mol. The van der Waals surface area contributed by atoms with E-state index in [1.807, 2.05) is 30.3 Å². The molecule has 7 heteroatoms. The van der Waals surface area contributed by atoms with Crippen LogP contribution in [0.15, 0.2) is 41.2 Å². The van der Waals surface area contributed by atoms with E-state index >= 15 is 0 Å². The zero-order valence-electron chi connectivity index (χ0n) is 16.0. The Balaban J connectivity index is 1.71. The number of rotatable bonds is 6. The lowest BCUT2D eigenvalue weighted by Crippen LogP contribution is -2.45. The Morgan fingerprint density at radius 2 is 1.93 bits per heavy atom. The Hall–Kier alpha value is -2.96. The molecule has 2 aromatic rings. The zero-order chi connectivity index (χ0) is 19.9. The smallest absolute Gasteiger partial charge is 0.328 e. The molecule has 1 heterocycles. The van der Waals surface area contributed by atoms with Crippen LogP contribution in [0.25, 0.3) is 0 Å². The van der Waals surface area contributed by atoms with Gasteiger partial charge in [0.15, 0.2) is 0 Å². The van der Waals surface area contributed by atoms with E-state index in [2.05, 4.69) is 10.4 Å². The Morgan fingerprint density at radius 1 is 1.18 bits per heavy atom. The molecule has 0 bridgehead atoms. The number of fused-ring (bicyclic) bond motifs is 1. The highest BCUT2D eigenvalue weighted by Crippen LogP contribution is 2.16. The minimum absolute atomic E-state index is 0.228. The molecule has 1 N–H and O–H groups in total. The molecular weight excluding hydrogens is 358 g/mol. The van der Waals surface area contributed by atoms with Crippen LogP contribution in [0.3, 0.4) is 0 Å². The number of amides is 1. The molecule has 0 saturated heterocycles. The maximum absolute atomic E-state index is 12.5. The minimum atomic E-state index is -0.823. The molecule has 0 aliphatic heterocycles. The highest BCUT2D eigenvalue weighted by atomic mass is 16.5. The van der Waals surface area contributed by atoms with Crippen molar-refractivity contribution in [2.45, 2.75) is 51.1 Å². The highest BCUT2D eigenvalue weighted by molar-refractivity contribution is 5.84. The molecule has 1 amide bonds. The lowest BCUT2D eigenvalue weighted by molar-refractivity contribution is -0.145.